The summed E-state index contributed by atoms with van der Waals surface area (Å²) in [6.45, 7) is 2.12. The van der Waals surface area contributed by atoms with E-state index in [0.29, 0.717) is 6.54 Å². The van der Waals surface area contributed by atoms with Crippen LogP contribution in [0.15, 0.2) is 0 Å². The van der Waals surface area contributed by atoms with E-state index in [9.17, 15) is 14.4 Å². The zero-order valence-electron chi connectivity index (χ0n) is 13.0. The van der Waals surface area contributed by atoms with E-state index in [1.807, 2.05) is 6.92 Å². The monoisotopic (exact) mass is 335 g/mol. The second-order valence-electron chi connectivity index (χ2n) is 5.46. The largest absolute Gasteiger partial charge is 0.480 e. The summed E-state index contributed by atoms with van der Waals surface area (Å²) < 4.78 is 0. The van der Waals surface area contributed by atoms with Gasteiger partial charge in [0.25, 0.3) is 0 Å². The molecular formula is C14H26ClN3O4. The summed E-state index contributed by atoms with van der Waals surface area (Å²) in [5, 5.41) is 13.8. The van der Waals surface area contributed by atoms with Gasteiger partial charge in [0.2, 0.25) is 5.91 Å². The first-order valence-electron chi connectivity index (χ1n) is 7.55. The van der Waals surface area contributed by atoms with Gasteiger partial charge < -0.3 is 10.4 Å². The molecular weight excluding hydrogens is 310 g/mol. The fourth-order valence-electron chi connectivity index (χ4n) is 2.56. The summed E-state index contributed by atoms with van der Waals surface area (Å²) in [6.07, 6.45) is 6.03. The summed E-state index contributed by atoms with van der Waals surface area (Å²) >= 11 is 0. The highest BCUT2D eigenvalue weighted by atomic mass is 35.5. The van der Waals surface area contributed by atoms with Crippen molar-refractivity contribution in [3.05, 3.63) is 0 Å². The second-order valence-corrected chi connectivity index (χ2v) is 5.46. The number of imide groups is 1. The van der Waals surface area contributed by atoms with Crippen LogP contribution in [0.4, 0.5) is 4.79 Å². The minimum atomic E-state index is -0.983. The molecule has 1 fully saturated rings. The van der Waals surface area contributed by atoms with E-state index in [4.69, 9.17) is 5.11 Å². The van der Waals surface area contributed by atoms with Gasteiger partial charge >= 0.3 is 12.0 Å². The fourth-order valence-corrected chi connectivity index (χ4v) is 2.56. The van der Waals surface area contributed by atoms with Gasteiger partial charge in [-0.3, -0.25) is 19.8 Å². The highest BCUT2D eigenvalue weighted by Gasteiger charge is 2.18. The average Bonchev–Trinajstić information content (AvgIpc) is 2.38. The third kappa shape index (κ3) is 8.84. The second kappa shape index (κ2) is 11.3. The number of carbonyl (C=O) groups excluding carboxylic acids is 2. The molecule has 1 aliphatic rings. The number of nitrogens with one attached hydrogen (secondary N) is 2. The van der Waals surface area contributed by atoms with Crippen molar-refractivity contribution in [2.75, 3.05) is 19.6 Å². The Morgan fingerprint density at radius 1 is 1.14 bits per heavy atom. The lowest BCUT2D eigenvalue weighted by atomic mass is 9.96. The van der Waals surface area contributed by atoms with Crippen LogP contribution in [-0.2, 0) is 9.59 Å². The van der Waals surface area contributed by atoms with E-state index in [0.717, 1.165) is 32.1 Å². The Hall–Kier alpha value is -1.34. The van der Waals surface area contributed by atoms with Gasteiger partial charge in [0.05, 0.1) is 13.1 Å². The molecule has 1 rings (SSSR count). The first-order valence-corrected chi connectivity index (χ1v) is 7.55. The average molecular weight is 336 g/mol. The fraction of sp³-hybridized carbons (Fsp3) is 0.786. The number of carbonyl (C=O) groups is 3. The standard InChI is InChI=1S/C14H25N3O4.ClH/c1-2-8-17(10-13(19)20)9-12(18)16-14(21)15-11-6-4-3-5-7-11;/h11H,2-10H2,1H3,(H,19,20)(H2,15,16,18,21);1H. The van der Waals surface area contributed by atoms with Crippen molar-refractivity contribution in [3.63, 3.8) is 0 Å². The number of carboxylic acids is 1. The number of rotatable bonds is 7. The highest BCUT2D eigenvalue weighted by molar-refractivity contribution is 5.95. The van der Waals surface area contributed by atoms with E-state index in [2.05, 4.69) is 10.6 Å². The topological polar surface area (TPSA) is 98.7 Å². The molecule has 1 saturated carbocycles. The van der Waals surface area contributed by atoms with Crippen molar-refractivity contribution in [2.24, 2.45) is 0 Å². The smallest absolute Gasteiger partial charge is 0.321 e. The molecule has 0 aliphatic heterocycles. The number of hydrogen-bond acceptors (Lipinski definition) is 4. The third-order valence-corrected chi connectivity index (χ3v) is 3.46. The summed E-state index contributed by atoms with van der Waals surface area (Å²) in [4.78, 5) is 35.7. The van der Waals surface area contributed by atoms with E-state index >= 15 is 0 Å². The van der Waals surface area contributed by atoms with E-state index in [-0.39, 0.29) is 31.5 Å². The lowest BCUT2D eigenvalue weighted by molar-refractivity contribution is -0.138. The van der Waals surface area contributed by atoms with Gasteiger partial charge in [0.15, 0.2) is 0 Å². The first kappa shape index (κ1) is 20.7. The van der Waals surface area contributed by atoms with E-state index in [1.165, 1.54) is 11.3 Å². The molecule has 3 N–H and O–H groups in total. The number of urea groups is 1. The van der Waals surface area contributed by atoms with Crippen molar-refractivity contribution < 1.29 is 19.5 Å². The van der Waals surface area contributed by atoms with Crippen LogP contribution in [0.25, 0.3) is 0 Å². The summed E-state index contributed by atoms with van der Waals surface area (Å²) in [5.74, 6) is -1.46. The van der Waals surface area contributed by atoms with Gasteiger partial charge in [-0.05, 0) is 25.8 Å². The Labute approximate surface area is 137 Å². The van der Waals surface area contributed by atoms with Crippen LogP contribution in [-0.4, -0.2) is 53.6 Å². The zero-order chi connectivity index (χ0) is 15.7. The Morgan fingerprint density at radius 3 is 2.32 bits per heavy atom. The van der Waals surface area contributed by atoms with Gasteiger partial charge in [0.1, 0.15) is 0 Å². The Bertz CT molecular complexity index is 373. The Balaban J connectivity index is 0.00000441. The molecule has 0 aromatic rings. The molecule has 0 aromatic carbocycles. The lowest BCUT2D eigenvalue weighted by Crippen LogP contribution is -2.48. The molecule has 0 heterocycles. The van der Waals surface area contributed by atoms with Crippen molar-refractivity contribution in [1.29, 1.82) is 0 Å². The van der Waals surface area contributed by atoms with Gasteiger partial charge in [-0.15, -0.1) is 12.4 Å². The number of nitrogens with zero attached hydrogens (tertiary/aromatic N) is 1. The normalized spacial score (nSPS) is 15.0. The molecule has 0 spiro atoms. The van der Waals surface area contributed by atoms with Crippen LogP contribution >= 0.6 is 12.4 Å². The van der Waals surface area contributed by atoms with Crippen molar-refractivity contribution in [2.45, 2.75) is 51.5 Å². The molecule has 3 amide bonds. The molecule has 1 aliphatic carbocycles. The van der Waals surface area contributed by atoms with Crippen molar-refractivity contribution in [1.82, 2.24) is 15.5 Å². The Kier molecular flexibility index (Phi) is 10.6. The van der Waals surface area contributed by atoms with E-state index in [1.54, 1.807) is 0 Å². The number of hydrogen-bond donors (Lipinski definition) is 3. The molecule has 8 heteroatoms. The molecule has 0 bridgehead atoms. The molecule has 128 valence electrons. The van der Waals surface area contributed by atoms with E-state index < -0.39 is 17.9 Å². The van der Waals surface area contributed by atoms with Gasteiger partial charge in [-0.25, -0.2) is 4.79 Å². The molecule has 7 nitrogen and oxygen atoms in total. The highest BCUT2D eigenvalue weighted by Crippen LogP contribution is 2.17. The van der Waals surface area contributed by atoms with Crippen molar-refractivity contribution >= 4 is 30.3 Å². The zero-order valence-corrected chi connectivity index (χ0v) is 13.8. The SMILES string of the molecule is CCCN(CC(=O)O)CC(=O)NC(=O)NC1CCCCC1.Cl. The molecule has 0 atom stereocenters. The van der Waals surface area contributed by atoms with Gasteiger partial charge in [0, 0.05) is 6.04 Å². The number of aliphatic carboxylic acids is 1. The maximum atomic E-state index is 11.8. The maximum absolute atomic E-state index is 11.8. The quantitative estimate of drug-likeness (QED) is 0.652. The summed E-state index contributed by atoms with van der Waals surface area (Å²) in [6, 6.07) is -0.351. The lowest BCUT2D eigenvalue weighted by Gasteiger charge is -2.23. The number of halogens is 1. The van der Waals surface area contributed by atoms with Crippen LogP contribution in [0.3, 0.4) is 0 Å². The molecule has 0 aromatic heterocycles. The van der Waals surface area contributed by atoms with Crippen LogP contribution in [0.1, 0.15) is 45.4 Å². The molecule has 0 radical (unpaired) electrons. The number of amides is 3. The minimum Gasteiger partial charge on any atom is -0.480 e. The van der Waals surface area contributed by atoms with Crippen LogP contribution in [0, 0.1) is 0 Å². The summed E-state index contributed by atoms with van der Waals surface area (Å²) in [5.41, 5.74) is 0. The third-order valence-electron chi connectivity index (χ3n) is 3.46. The minimum absolute atomic E-state index is 0. The molecule has 22 heavy (non-hydrogen) atoms. The molecule has 0 saturated heterocycles. The maximum Gasteiger partial charge on any atom is 0.321 e. The molecule has 0 unspecified atom stereocenters. The van der Waals surface area contributed by atoms with Crippen LogP contribution in [0.5, 0.6) is 0 Å². The van der Waals surface area contributed by atoms with Crippen LogP contribution in [0.2, 0.25) is 0 Å². The summed E-state index contributed by atoms with van der Waals surface area (Å²) in [7, 11) is 0. The number of carboxylic acid groups (broad SMARTS) is 1. The van der Waals surface area contributed by atoms with Crippen LogP contribution < -0.4 is 10.6 Å². The first-order chi connectivity index (χ1) is 10.0. The van der Waals surface area contributed by atoms with Crippen molar-refractivity contribution in [3.8, 4) is 0 Å². The Morgan fingerprint density at radius 2 is 1.77 bits per heavy atom. The van der Waals surface area contributed by atoms with Gasteiger partial charge in [-0.1, -0.05) is 26.2 Å². The predicted molar refractivity (Wildman–Crippen MR) is 85.2 cm³/mol. The predicted octanol–water partition coefficient (Wildman–Crippen LogP) is 1.36. The van der Waals surface area contributed by atoms with Gasteiger partial charge in [-0.2, -0.15) is 0 Å².